The predicted molar refractivity (Wildman–Crippen MR) is 120 cm³/mol. The highest BCUT2D eigenvalue weighted by Crippen LogP contribution is 2.43. The lowest BCUT2D eigenvalue weighted by Crippen LogP contribution is -2.48. The highest BCUT2D eigenvalue weighted by atomic mass is 19.1. The lowest BCUT2D eigenvalue weighted by molar-refractivity contribution is -0.397. The summed E-state index contributed by atoms with van der Waals surface area (Å²) in [6.45, 7) is 0. The molecule has 9 nitrogen and oxygen atoms in total. The molecule has 3 aliphatic rings. The highest BCUT2D eigenvalue weighted by Gasteiger charge is 2.44. The number of nitrogens with one attached hydrogen (secondary N) is 1. The Bertz CT molecular complexity index is 1200. The number of para-hydroxylation sites is 1. The number of hydrogen-bond donors (Lipinski definition) is 2. The summed E-state index contributed by atoms with van der Waals surface area (Å²) < 4.78 is 21.1. The number of hydrogen-bond acceptors (Lipinski definition) is 8. The number of benzene rings is 1. The monoisotopic (exact) mass is 466 g/mol. The number of amides is 1. The van der Waals surface area contributed by atoms with Crippen molar-refractivity contribution < 1.29 is 24.0 Å². The molecule has 5 rings (SSSR count). The second-order valence-corrected chi connectivity index (χ2v) is 8.62. The van der Waals surface area contributed by atoms with E-state index < -0.39 is 34.2 Å². The largest absolute Gasteiger partial charge is 0.493 e. The lowest BCUT2D eigenvalue weighted by atomic mass is 9.88. The number of ether oxygens (including phenoxy) is 1. The van der Waals surface area contributed by atoms with E-state index in [1.165, 1.54) is 30.6 Å². The fourth-order valence-electron chi connectivity index (χ4n) is 5.10. The molecular formula is C24H23FN4O5. The molecule has 2 aromatic rings. The Balaban J connectivity index is 1.70. The fraction of sp³-hybridized carbons (Fsp3) is 0.333. The zero-order valence-electron chi connectivity index (χ0n) is 18.2. The van der Waals surface area contributed by atoms with Crippen LogP contribution in [0.1, 0.15) is 37.7 Å². The van der Waals surface area contributed by atoms with Crippen molar-refractivity contribution >= 4 is 17.2 Å². The predicted octanol–water partition coefficient (Wildman–Crippen LogP) is 3.88. The molecule has 3 heterocycles. The first-order valence-corrected chi connectivity index (χ1v) is 11.2. The number of fused-ring (bicyclic) bond motifs is 1. The van der Waals surface area contributed by atoms with Crippen LogP contribution in [0.4, 0.5) is 10.1 Å². The average molecular weight is 466 g/mol. The fourth-order valence-corrected chi connectivity index (χ4v) is 5.10. The highest BCUT2D eigenvalue weighted by molar-refractivity contribution is 6.07. The van der Waals surface area contributed by atoms with Gasteiger partial charge in [-0.2, -0.15) is 0 Å². The molecule has 0 bridgehead atoms. The van der Waals surface area contributed by atoms with Crippen LogP contribution in [0.5, 0.6) is 0 Å². The third-order valence-electron chi connectivity index (χ3n) is 6.66. The van der Waals surface area contributed by atoms with Gasteiger partial charge in [-0.1, -0.05) is 24.6 Å². The normalized spacial score (nSPS) is 24.6. The standard InChI is InChI=1S/C24H23FN4O5/c25-16-7-1-2-8-17(16)28-23(30)21(24(31)29(32)33)20(15-6-4-12-26-13-15)22(27-28)19-11-10-14-5-3-9-18(14)34-19/h1-2,4,6-8,12-14,18-19,27,30H,3,5,9-11H2. The summed E-state index contributed by atoms with van der Waals surface area (Å²) in [4.78, 5) is 27.4. The van der Waals surface area contributed by atoms with Crippen molar-refractivity contribution in [1.82, 2.24) is 10.4 Å². The first-order valence-electron chi connectivity index (χ1n) is 11.2. The molecule has 2 fully saturated rings. The maximum Gasteiger partial charge on any atom is 0.482 e. The Morgan fingerprint density at radius 3 is 2.76 bits per heavy atom. The van der Waals surface area contributed by atoms with Crippen molar-refractivity contribution in [3.8, 4) is 0 Å². The van der Waals surface area contributed by atoms with Gasteiger partial charge in [0.1, 0.15) is 16.4 Å². The van der Waals surface area contributed by atoms with E-state index in [1.807, 2.05) is 0 Å². The molecule has 176 valence electrons. The number of hydrazine groups is 1. The van der Waals surface area contributed by atoms with Crippen molar-refractivity contribution in [1.29, 1.82) is 0 Å². The van der Waals surface area contributed by atoms with Crippen LogP contribution in [0, 0.1) is 21.8 Å². The minimum atomic E-state index is -1.51. The van der Waals surface area contributed by atoms with Gasteiger partial charge in [0.25, 0.3) is 0 Å². The number of carbonyl (C=O) groups is 1. The van der Waals surface area contributed by atoms with Crippen LogP contribution in [0.3, 0.4) is 0 Å². The second-order valence-electron chi connectivity index (χ2n) is 8.62. The number of rotatable bonds is 4. The molecule has 1 saturated carbocycles. The van der Waals surface area contributed by atoms with Crippen LogP contribution in [0.25, 0.3) is 5.57 Å². The van der Waals surface area contributed by atoms with Gasteiger partial charge in [-0.25, -0.2) is 14.2 Å². The number of aromatic nitrogens is 1. The van der Waals surface area contributed by atoms with Gasteiger partial charge in [-0.15, -0.1) is 0 Å². The van der Waals surface area contributed by atoms with E-state index >= 15 is 0 Å². The smallest absolute Gasteiger partial charge is 0.482 e. The molecule has 1 amide bonds. The molecule has 2 aliphatic heterocycles. The molecule has 0 radical (unpaired) electrons. The Labute approximate surface area is 194 Å². The topological polar surface area (TPSA) is 118 Å². The van der Waals surface area contributed by atoms with Gasteiger partial charge in [0.2, 0.25) is 5.88 Å². The molecule has 3 atom stereocenters. The molecule has 1 aromatic heterocycles. The van der Waals surface area contributed by atoms with Gasteiger partial charge in [0.05, 0.1) is 17.9 Å². The molecule has 1 saturated heterocycles. The van der Waals surface area contributed by atoms with E-state index in [1.54, 1.807) is 18.2 Å². The van der Waals surface area contributed by atoms with Gasteiger partial charge < -0.3 is 9.84 Å². The number of anilines is 1. The van der Waals surface area contributed by atoms with Crippen LogP contribution in [-0.4, -0.2) is 33.1 Å². The second kappa shape index (κ2) is 8.86. The molecule has 0 spiro atoms. The maximum atomic E-state index is 14.7. The Kier molecular flexibility index (Phi) is 5.74. The zero-order chi connectivity index (χ0) is 23.8. The number of aliphatic hydroxyl groups is 1. The van der Waals surface area contributed by atoms with Crippen molar-refractivity contribution in [2.75, 3.05) is 5.01 Å². The summed E-state index contributed by atoms with van der Waals surface area (Å²) in [5.74, 6) is -2.51. The summed E-state index contributed by atoms with van der Waals surface area (Å²) in [5.41, 5.74) is 3.25. The van der Waals surface area contributed by atoms with E-state index in [0.29, 0.717) is 23.6 Å². The third kappa shape index (κ3) is 3.79. The molecule has 2 N–H and O–H groups in total. The molecule has 3 unspecified atom stereocenters. The van der Waals surface area contributed by atoms with E-state index in [-0.39, 0.29) is 17.4 Å². The maximum absolute atomic E-state index is 14.7. The molecular weight excluding hydrogens is 443 g/mol. The summed E-state index contributed by atoms with van der Waals surface area (Å²) >= 11 is 0. The molecule has 10 heteroatoms. The number of nitro groups is 1. The number of pyridine rings is 1. The van der Waals surface area contributed by atoms with Gasteiger partial charge >= 0.3 is 5.91 Å². The molecule has 1 aliphatic carbocycles. The first kappa shape index (κ1) is 22.0. The average Bonchev–Trinajstić information content (AvgIpc) is 3.32. The molecule has 34 heavy (non-hydrogen) atoms. The van der Waals surface area contributed by atoms with Crippen LogP contribution in [-0.2, 0) is 9.53 Å². The molecule has 1 aromatic carbocycles. The quantitative estimate of drug-likeness (QED) is 0.515. The first-order chi connectivity index (χ1) is 16.5. The van der Waals surface area contributed by atoms with E-state index in [4.69, 9.17) is 4.74 Å². The number of carbonyl (C=O) groups excluding carboxylic acids is 1. The minimum absolute atomic E-state index is 0.0410. The van der Waals surface area contributed by atoms with E-state index in [2.05, 4.69) is 10.4 Å². The van der Waals surface area contributed by atoms with Gasteiger partial charge in [-0.05, 0) is 49.8 Å². The van der Waals surface area contributed by atoms with Crippen LogP contribution in [0.15, 0.2) is 65.9 Å². The van der Waals surface area contributed by atoms with Crippen molar-refractivity contribution in [2.24, 2.45) is 5.92 Å². The Morgan fingerprint density at radius 1 is 1.21 bits per heavy atom. The van der Waals surface area contributed by atoms with Gasteiger partial charge in [0.15, 0.2) is 5.57 Å². The van der Waals surface area contributed by atoms with Crippen molar-refractivity contribution in [2.45, 2.75) is 44.3 Å². The van der Waals surface area contributed by atoms with Crippen LogP contribution < -0.4 is 10.4 Å². The summed E-state index contributed by atoms with van der Waals surface area (Å²) in [7, 11) is 0. The van der Waals surface area contributed by atoms with E-state index in [9.17, 15) is 24.4 Å². The number of aliphatic hydroxyl groups excluding tert-OH is 1. The van der Waals surface area contributed by atoms with Gasteiger partial charge in [-0.3, -0.25) is 20.5 Å². The van der Waals surface area contributed by atoms with Gasteiger partial charge in [0, 0.05) is 23.5 Å². The SMILES string of the molecule is O=C(C1=C(O)N(c2ccccc2F)NC(C2CCC3CCCC3O2)=C1c1cccnc1)[N+](=O)[O-]. The zero-order valence-corrected chi connectivity index (χ0v) is 18.2. The Hall–Kier alpha value is -3.79. The van der Waals surface area contributed by atoms with E-state index in [0.717, 1.165) is 30.7 Å². The summed E-state index contributed by atoms with van der Waals surface area (Å²) in [6.07, 6.45) is 7.07. The third-order valence-corrected chi connectivity index (χ3v) is 6.66. The van der Waals surface area contributed by atoms with Crippen molar-refractivity contribution in [3.63, 3.8) is 0 Å². The summed E-state index contributed by atoms with van der Waals surface area (Å²) in [5, 5.41) is 23.6. The lowest BCUT2D eigenvalue weighted by Gasteiger charge is -2.39. The van der Waals surface area contributed by atoms with Crippen molar-refractivity contribution in [3.05, 3.63) is 87.4 Å². The van der Waals surface area contributed by atoms with Crippen LogP contribution >= 0.6 is 0 Å². The minimum Gasteiger partial charge on any atom is -0.493 e. The van der Waals surface area contributed by atoms with Crippen LogP contribution in [0.2, 0.25) is 0 Å². The number of nitrogens with zero attached hydrogens (tertiary/aromatic N) is 3. The summed E-state index contributed by atoms with van der Waals surface area (Å²) in [6, 6.07) is 8.90. The Morgan fingerprint density at radius 2 is 2.03 bits per heavy atom. The number of halogens is 1.